The van der Waals surface area contributed by atoms with Crippen molar-refractivity contribution in [3.8, 4) is 5.95 Å². The highest BCUT2D eigenvalue weighted by Gasteiger charge is 2.43. The zero-order chi connectivity index (χ0) is 21.1. The molecule has 0 radical (unpaired) electrons. The number of amides is 1. The number of hydrogen-bond donors (Lipinski definition) is 1. The molecule has 2 bridgehead atoms. The third kappa shape index (κ3) is 3.02. The van der Waals surface area contributed by atoms with Gasteiger partial charge < -0.3 is 4.90 Å². The lowest BCUT2D eigenvalue weighted by molar-refractivity contribution is 0.0495. The van der Waals surface area contributed by atoms with Crippen LogP contribution in [0.15, 0.2) is 29.3 Å². The van der Waals surface area contributed by atoms with E-state index < -0.39 is 0 Å². The van der Waals surface area contributed by atoms with Gasteiger partial charge in [0.15, 0.2) is 0 Å². The average molecular weight is 422 g/mol. The fourth-order valence-corrected chi connectivity index (χ4v) is 5.95. The number of fused-ring (bicyclic) bond motifs is 3. The number of H-pyrrole nitrogens is 1. The topological polar surface area (TPSA) is 91.5 Å². The van der Waals surface area contributed by atoms with Crippen LogP contribution in [0.5, 0.6) is 0 Å². The van der Waals surface area contributed by atoms with E-state index in [9.17, 15) is 9.59 Å². The Kier molecular flexibility index (Phi) is 4.27. The maximum absolute atomic E-state index is 13.2. The van der Waals surface area contributed by atoms with Crippen molar-refractivity contribution in [2.75, 3.05) is 26.2 Å². The van der Waals surface area contributed by atoms with Crippen molar-refractivity contribution in [3.63, 3.8) is 0 Å². The predicted molar refractivity (Wildman–Crippen MR) is 114 cm³/mol. The molecular weight excluding hydrogens is 394 g/mol. The molecule has 2 aliphatic carbocycles. The number of piperazine rings is 1. The molecule has 162 valence electrons. The summed E-state index contributed by atoms with van der Waals surface area (Å²) in [6.45, 7) is 5.24. The fraction of sp³-hybridized carbons (Fsp3) is 0.545. The summed E-state index contributed by atoms with van der Waals surface area (Å²) in [5, 5.41) is 8.77. The van der Waals surface area contributed by atoms with Crippen LogP contribution in [0.25, 0.3) is 11.5 Å². The molecule has 3 aliphatic rings. The first kappa shape index (κ1) is 18.8. The number of nitrogens with zero attached hydrogens (tertiary/aromatic N) is 6. The van der Waals surface area contributed by atoms with Crippen molar-refractivity contribution >= 4 is 11.4 Å². The number of carbonyl (C=O) groups is 1. The first-order valence-electron chi connectivity index (χ1n) is 11.2. The minimum absolute atomic E-state index is 0.000678. The van der Waals surface area contributed by atoms with Crippen LogP contribution in [0, 0.1) is 18.8 Å². The van der Waals surface area contributed by atoms with Gasteiger partial charge in [-0.25, -0.2) is 9.20 Å². The summed E-state index contributed by atoms with van der Waals surface area (Å²) in [6, 6.07) is 4.20. The largest absolute Gasteiger partial charge is 0.336 e. The molecule has 1 amide bonds. The SMILES string of the molecule is Cc1c(C(=O)N2CCN(C3CC4CCC3C4)CC2)cnn1-c1nn2cccc2c(=O)[nH]1. The van der Waals surface area contributed by atoms with E-state index in [4.69, 9.17) is 0 Å². The number of aromatic amines is 1. The highest BCUT2D eigenvalue weighted by Crippen LogP contribution is 2.46. The molecule has 9 heteroatoms. The lowest BCUT2D eigenvalue weighted by Gasteiger charge is -2.41. The minimum Gasteiger partial charge on any atom is -0.336 e. The van der Waals surface area contributed by atoms with Gasteiger partial charge in [-0.15, -0.1) is 5.10 Å². The minimum atomic E-state index is -0.241. The summed E-state index contributed by atoms with van der Waals surface area (Å²) >= 11 is 0. The lowest BCUT2D eigenvalue weighted by atomic mass is 9.93. The quantitative estimate of drug-likeness (QED) is 0.691. The molecule has 6 rings (SSSR count). The number of nitrogens with one attached hydrogen (secondary N) is 1. The predicted octanol–water partition coefficient (Wildman–Crippen LogP) is 1.46. The molecule has 3 unspecified atom stereocenters. The van der Waals surface area contributed by atoms with Gasteiger partial charge in [-0.1, -0.05) is 6.42 Å². The normalized spacial score (nSPS) is 26.2. The van der Waals surface area contributed by atoms with Gasteiger partial charge in [-0.05, 0) is 50.2 Å². The van der Waals surface area contributed by atoms with Crippen LogP contribution in [0.2, 0.25) is 0 Å². The Labute approximate surface area is 179 Å². The second kappa shape index (κ2) is 7.05. The third-order valence-corrected chi connectivity index (χ3v) is 7.60. The molecule has 3 atom stereocenters. The van der Waals surface area contributed by atoms with Gasteiger partial charge in [-0.2, -0.15) is 5.10 Å². The third-order valence-electron chi connectivity index (χ3n) is 7.60. The zero-order valence-corrected chi connectivity index (χ0v) is 17.7. The molecule has 3 fully saturated rings. The van der Waals surface area contributed by atoms with E-state index in [0.29, 0.717) is 22.7 Å². The van der Waals surface area contributed by atoms with Crippen LogP contribution in [0.4, 0.5) is 0 Å². The molecular formula is C22H27N7O2. The second-order valence-electron chi connectivity index (χ2n) is 9.24. The first-order valence-corrected chi connectivity index (χ1v) is 11.2. The van der Waals surface area contributed by atoms with E-state index in [1.54, 1.807) is 24.5 Å². The van der Waals surface area contributed by atoms with Crippen LogP contribution >= 0.6 is 0 Å². The van der Waals surface area contributed by atoms with Crippen LogP contribution in [-0.4, -0.2) is 72.3 Å². The van der Waals surface area contributed by atoms with Gasteiger partial charge in [0, 0.05) is 38.4 Å². The van der Waals surface area contributed by atoms with E-state index in [1.807, 2.05) is 11.8 Å². The standard InChI is InChI=1S/C22H27N7O2/c1-14-17(13-23-29(14)22-24-20(30)18-3-2-6-28(18)25-22)21(31)27-9-7-26(8-10-27)19-12-15-4-5-16(19)11-15/h2-3,6,13,15-16,19H,4-5,7-12H2,1H3,(H,24,25,30). The van der Waals surface area contributed by atoms with Gasteiger partial charge in [-0.3, -0.25) is 19.5 Å². The first-order chi connectivity index (χ1) is 15.1. The number of hydrogen-bond acceptors (Lipinski definition) is 5. The fourth-order valence-electron chi connectivity index (χ4n) is 5.95. The van der Waals surface area contributed by atoms with Crippen LogP contribution in [-0.2, 0) is 0 Å². The zero-order valence-electron chi connectivity index (χ0n) is 17.7. The monoisotopic (exact) mass is 421 g/mol. The van der Waals surface area contributed by atoms with Gasteiger partial charge >= 0.3 is 0 Å². The maximum atomic E-state index is 13.2. The summed E-state index contributed by atoms with van der Waals surface area (Å²) in [7, 11) is 0. The molecule has 9 nitrogen and oxygen atoms in total. The summed E-state index contributed by atoms with van der Waals surface area (Å²) < 4.78 is 3.05. The van der Waals surface area contributed by atoms with Crippen molar-refractivity contribution in [3.05, 3.63) is 46.1 Å². The van der Waals surface area contributed by atoms with Crippen LogP contribution < -0.4 is 5.56 Å². The second-order valence-corrected chi connectivity index (χ2v) is 9.24. The molecule has 31 heavy (non-hydrogen) atoms. The van der Waals surface area contributed by atoms with E-state index in [-0.39, 0.29) is 11.5 Å². The number of aromatic nitrogens is 5. The molecule has 0 spiro atoms. The molecule has 2 saturated carbocycles. The van der Waals surface area contributed by atoms with E-state index in [2.05, 4.69) is 20.1 Å². The van der Waals surface area contributed by atoms with Crippen molar-refractivity contribution in [2.24, 2.45) is 11.8 Å². The van der Waals surface area contributed by atoms with E-state index >= 15 is 0 Å². The van der Waals surface area contributed by atoms with E-state index in [0.717, 1.165) is 44.1 Å². The Morgan fingerprint density at radius 3 is 2.74 bits per heavy atom. The van der Waals surface area contributed by atoms with Gasteiger partial charge in [0.25, 0.3) is 11.5 Å². The molecule has 4 heterocycles. The molecule has 3 aromatic rings. The van der Waals surface area contributed by atoms with Crippen molar-refractivity contribution in [1.82, 2.24) is 34.2 Å². The Morgan fingerprint density at radius 2 is 2.00 bits per heavy atom. The van der Waals surface area contributed by atoms with Crippen LogP contribution in [0.3, 0.4) is 0 Å². The lowest BCUT2D eigenvalue weighted by Crippen LogP contribution is -2.53. The van der Waals surface area contributed by atoms with Crippen LogP contribution in [0.1, 0.15) is 41.7 Å². The Morgan fingerprint density at radius 1 is 1.16 bits per heavy atom. The van der Waals surface area contributed by atoms with Crippen molar-refractivity contribution in [1.29, 1.82) is 0 Å². The molecule has 0 aromatic carbocycles. The summed E-state index contributed by atoms with van der Waals surface area (Å²) in [6.07, 6.45) is 8.86. The number of carbonyl (C=O) groups excluding carboxylic acids is 1. The van der Waals surface area contributed by atoms with Gasteiger partial charge in [0.05, 0.1) is 17.5 Å². The highest BCUT2D eigenvalue weighted by atomic mass is 16.2. The van der Waals surface area contributed by atoms with E-state index in [1.165, 1.54) is 34.9 Å². The Balaban J connectivity index is 1.18. The Hall–Kier alpha value is -2.94. The average Bonchev–Trinajstić information content (AvgIpc) is 3.57. The smallest absolute Gasteiger partial charge is 0.276 e. The number of rotatable bonds is 3. The van der Waals surface area contributed by atoms with Gasteiger partial charge in [0.2, 0.25) is 5.95 Å². The molecule has 1 N–H and O–H groups in total. The Bertz CT molecular complexity index is 1200. The van der Waals surface area contributed by atoms with Crippen molar-refractivity contribution in [2.45, 2.75) is 38.6 Å². The van der Waals surface area contributed by atoms with Gasteiger partial charge in [0.1, 0.15) is 5.52 Å². The summed E-state index contributed by atoms with van der Waals surface area (Å²) in [5.74, 6) is 2.11. The molecule has 1 saturated heterocycles. The summed E-state index contributed by atoms with van der Waals surface area (Å²) in [4.78, 5) is 32.8. The molecule has 3 aromatic heterocycles. The maximum Gasteiger partial charge on any atom is 0.276 e. The highest BCUT2D eigenvalue weighted by molar-refractivity contribution is 5.95. The molecule has 1 aliphatic heterocycles. The summed E-state index contributed by atoms with van der Waals surface area (Å²) in [5.41, 5.74) is 1.46. The van der Waals surface area contributed by atoms with Crippen molar-refractivity contribution < 1.29 is 4.79 Å².